The van der Waals surface area contributed by atoms with E-state index in [4.69, 9.17) is 5.73 Å². The lowest BCUT2D eigenvalue weighted by Crippen LogP contribution is -2.21. The highest BCUT2D eigenvalue weighted by Gasteiger charge is 2.25. The predicted molar refractivity (Wildman–Crippen MR) is 89.0 cm³/mol. The van der Waals surface area contributed by atoms with Gasteiger partial charge in [-0.05, 0) is 18.2 Å². The van der Waals surface area contributed by atoms with E-state index >= 15 is 0 Å². The van der Waals surface area contributed by atoms with Crippen molar-refractivity contribution in [2.24, 2.45) is 0 Å². The monoisotopic (exact) mass is 322 g/mol. The number of hydrogen-bond donors (Lipinski definition) is 2. The van der Waals surface area contributed by atoms with Crippen LogP contribution in [0.3, 0.4) is 0 Å². The van der Waals surface area contributed by atoms with Gasteiger partial charge < -0.3 is 15.8 Å². The number of ketones is 2. The van der Waals surface area contributed by atoms with Crippen molar-refractivity contribution in [2.45, 2.75) is 0 Å². The number of esters is 1. The van der Waals surface area contributed by atoms with E-state index in [-0.39, 0.29) is 22.8 Å². The Kier molecular flexibility index (Phi) is 3.87. The van der Waals surface area contributed by atoms with E-state index in [1.54, 1.807) is 30.3 Å². The van der Waals surface area contributed by atoms with Crippen LogP contribution in [0.1, 0.15) is 31.1 Å². The van der Waals surface area contributed by atoms with Gasteiger partial charge in [-0.25, -0.2) is 4.79 Å². The van der Waals surface area contributed by atoms with Crippen molar-refractivity contribution < 1.29 is 19.1 Å². The molecule has 3 rings (SSSR count). The molecule has 0 fully saturated rings. The summed E-state index contributed by atoms with van der Waals surface area (Å²) in [6, 6.07) is 11.1. The van der Waals surface area contributed by atoms with Crippen LogP contribution in [0.2, 0.25) is 0 Å². The number of hydrogen-bond acceptors (Lipinski definition) is 6. The number of nitrogens with one attached hydrogen (secondary N) is 1. The number of carbonyl (C=O) groups is 3. The molecule has 3 N–H and O–H groups in total. The lowest BCUT2D eigenvalue weighted by Gasteiger charge is -2.17. The van der Waals surface area contributed by atoms with Gasteiger partial charge in [0, 0.05) is 28.6 Å². The van der Waals surface area contributed by atoms with Gasteiger partial charge in [-0.3, -0.25) is 9.59 Å². The maximum atomic E-state index is 12.5. The Bertz CT molecular complexity index is 900. The minimum Gasteiger partial charge on any atom is -0.465 e. The van der Waals surface area contributed by atoms with Crippen molar-refractivity contribution in [3.63, 3.8) is 0 Å². The van der Waals surface area contributed by atoms with E-state index in [0.29, 0.717) is 22.5 Å². The molecule has 0 unspecified atom stereocenters. The quantitative estimate of drug-likeness (QED) is 0.665. The second-order valence-corrected chi connectivity index (χ2v) is 5.26. The van der Waals surface area contributed by atoms with Gasteiger partial charge in [0.2, 0.25) is 5.78 Å². The van der Waals surface area contributed by atoms with Crippen LogP contribution >= 0.6 is 0 Å². The van der Waals surface area contributed by atoms with Gasteiger partial charge in [0.1, 0.15) is 0 Å². The molecule has 0 radical (unpaired) electrons. The molecule has 1 aliphatic rings. The molecule has 0 saturated heterocycles. The molecule has 0 aromatic heterocycles. The van der Waals surface area contributed by atoms with Crippen LogP contribution in [0, 0.1) is 0 Å². The van der Waals surface area contributed by atoms with Gasteiger partial charge in [0.25, 0.3) is 0 Å². The van der Waals surface area contributed by atoms with E-state index in [9.17, 15) is 14.4 Å². The number of anilines is 2. The number of allylic oxidation sites excluding steroid dienone is 2. The topological polar surface area (TPSA) is 98.5 Å². The van der Waals surface area contributed by atoms with Crippen molar-refractivity contribution in [3.8, 4) is 0 Å². The van der Waals surface area contributed by atoms with Crippen LogP contribution < -0.4 is 11.1 Å². The first kappa shape index (κ1) is 15.5. The molecule has 0 spiro atoms. The Morgan fingerprint density at radius 1 is 1.08 bits per heavy atom. The lowest BCUT2D eigenvalue weighted by molar-refractivity contribution is 0.0600. The number of carbonyl (C=O) groups excluding carboxylic acids is 3. The average molecular weight is 322 g/mol. The van der Waals surface area contributed by atoms with Crippen LogP contribution in [0.4, 0.5) is 11.4 Å². The minimum atomic E-state index is -0.546. The average Bonchev–Trinajstić information content (AvgIpc) is 2.58. The van der Waals surface area contributed by atoms with Crippen LogP contribution in [0.15, 0.2) is 54.2 Å². The molecular formula is C18H14N2O4. The number of ether oxygens (including phenoxy) is 1. The third kappa shape index (κ3) is 2.77. The summed E-state index contributed by atoms with van der Waals surface area (Å²) >= 11 is 0. The predicted octanol–water partition coefficient (Wildman–Crippen LogP) is 2.43. The molecule has 0 atom stereocenters. The van der Waals surface area contributed by atoms with Crippen LogP contribution in [0.25, 0.3) is 0 Å². The highest BCUT2D eigenvalue weighted by atomic mass is 16.5. The minimum absolute atomic E-state index is 0.125. The standard InChI is InChI=1S/C18H14N2O4/c1-24-18(23)10-6-11(19)8-12(7-10)20-15-9-16(21)13-4-2-3-5-14(13)17(15)22/h2-9,20H,19H2,1H3. The Labute approximate surface area is 137 Å². The molecule has 0 amide bonds. The number of nitrogens with two attached hydrogens (primary N) is 1. The van der Waals surface area contributed by atoms with E-state index in [1.807, 2.05) is 0 Å². The number of Topliss-reactive ketones (excluding diaryl/α,β-unsaturated/α-hetero) is 1. The first-order valence-corrected chi connectivity index (χ1v) is 7.15. The fourth-order valence-electron chi connectivity index (χ4n) is 2.52. The Balaban J connectivity index is 1.95. The van der Waals surface area contributed by atoms with Crippen molar-refractivity contribution in [2.75, 3.05) is 18.2 Å². The maximum absolute atomic E-state index is 12.5. The molecule has 6 heteroatoms. The fraction of sp³-hybridized carbons (Fsp3) is 0.0556. The molecule has 0 heterocycles. The largest absolute Gasteiger partial charge is 0.465 e. The van der Waals surface area contributed by atoms with Gasteiger partial charge in [-0.1, -0.05) is 24.3 Å². The van der Waals surface area contributed by atoms with Gasteiger partial charge in [-0.15, -0.1) is 0 Å². The molecule has 0 bridgehead atoms. The second-order valence-electron chi connectivity index (χ2n) is 5.26. The molecule has 0 aliphatic heterocycles. The molecule has 24 heavy (non-hydrogen) atoms. The normalized spacial score (nSPS) is 13.1. The lowest BCUT2D eigenvalue weighted by atomic mass is 9.92. The van der Waals surface area contributed by atoms with Crippen molar-refractivity contribution in [1.29, 1.82) is 0 Å². The van der Waals surface area contributed by atoms with Crippen molar-refractivity contribution in [3.05, 3.63) is 70.9 Å². The molecule has 1 aliphatic carbocycles. The molecule has 2 aromatic carbocycles. The molecular weight excluding hydrogens is 308 g/mol. The summed E-state index contributed by atoms with van der Waals surface area (Å²) in [6.45, 7) is 0. The fourth-order valence-corrected chi connectivity index (χ4v) is 2.52. The zero-order valence-corrected chi connectivity index (χ0v) is 12.8. The molecule has 2 aromatic rings. The van der Waals surface area contributed by atoms with Crippen molar-refractivity contribution in [1.82, 2.24) is 0 Å². The summed E-state index contributed by atoms with van der Waals surface area (Å²) in [5, 5.41) is 2.87. The SMILES string of the molecule is COC(=O)c1cc(N)cc(NC2=CC(=O)c3ccccc3C2=O)c1. The van der Waals surface area contributed by atoms with E-state index in [1.165, 1.54) is 25.3 Å². The highest BCUT2D eigenvalue weighted by molar-refractivity contribution is 6.25. The van der Waals surface area contributed by atoms with Gasteiger partial charge in [0.05, 0.1) is 18.4 Å². The molecule has 6 nitrogen and oxygen atoms in total. The van der Waals surface area contributed by atoms with Crippen LogP contribution in [-0.4, -0.2) is 24.6 Å². The summed E-state index contributed by atoms with van der Waals surface area (Å²) in [5.74, 6) is -1.10. The number of nitrogen functional groups attached to an aromatic ring is 1. The third-order valence-corrected chi connectivity index (χ3v) is 3.61. The highest BCUT2D eigenvalue weighted by Crippen LogP contribution is 2.24. The van der Waals surface area contributed by atoms with Gasteiger partial charge in [0.15, 0.2) is 5.78 Å². The number of rotatable bonds is 3. The Hall–Kier alpha value is -3.41. The maximum Gasteiger partial charge on any atom is 0.337 e. The number of benzene rings is 2. The van der Waals surface area contributed by atoms with E-state index in [0.717, 1.165) is 0 Å². The second kappa shape index (κ2) is 6.00. The molecule has 0 saturated carbocycles. The first-order chi connectivity index (χ1) is 11.5. The first-order valence-electron chi connectivity index (χ1n) is 7.15. The van der Waals surface area contributed by atoms with Crippen LogP contribution in [-0.2, 0) is 4.74 Å². The summed E-state index contributed by atoms with van der Waals surface area (Å²) in [4.78, 5) is 36.3. The summed E-state index contributed by atoms with van der Waals surface area (Å²) in [5.41, 5.74) is 7.60. The number of fused-ring (bicyclic) bond motifs is 1. The zero-order valence-electron chi connectivity index (χ0n) is 12.8. The summed E-state index contributed by atoms with van der Waals surface area (Å²) in [7, 11) is 1.27. The summed E-state index contributed by atoms with van der Waals surface area (Å²) in [6.07, 6.45) is 1.24. The summed E-state index contributed by atoms with van der Waals surface area (Å²) < 4.78 is 4.66. The Morgan fingerprint density at radius 3 is 2.50 bits per heavy atom. The number of methoxy groups -OCH3 is 1. The van der Waals surface area contributed by atoms with Gasteiger partial charge >= 0.3 is 5.97 Å². The smallest absolute Gasteiger partial charge is 0.337 e. The molecule has 120 valence electrons. The third-order valence-electron chi connectivity index (χ3n) is 3.61. The van der Waals surface area contributed by atoms with Crippen LogP contribution in [0.5, 0.6) is 0 Å². The zero-order chi connectivity index (χ0) is 17.3. The van der Waals surface area contributed by atoms with E-state index in [2.05, 4.69) is 10.1 Å². The van der Waals surface area contributed by atoms with E-state index < -0.39 is 5.97 Å². The van der Waals surface area contributed by atoms with Gasteiger partial charge in [-0.2, -0.15) is 0 Å². The Morgan fingerprint density at radius 2 is 1.79 bits per heavy atom. The van der Waals surface area contributed by atoms with Crippen molar-refractivity contribution >= 4 is 28.9 Å².